The van der Waals surface area contributed by atoms with E-state index in [4.69, 9.17) is 9.39 Å². The predicted molar refractivity (Wildman–Crippen MR) is 124 cm³/mol. The predicted octanol–water partition coefficient (Wildman–Crippen LogP) is 2.73. The van der Waals surface area contributed by atoms with E-state index in [0.29, 0.717) is 12.8 Å². The van der Waals surface area contributed by atoms with Crippen LogP contribution >= 0.6 is 0 Å². The zero-order valence-corrected chi connectivity index (χ0v) is 18.7. The quantitative estimate of drug-likeness (QED) is 0.489. The van der Waals surface area contributed by atoms with Crippen molar-refractivity contribution in [1.82, 2.24) is 4.98 Å². The number of sulfone groups is 1. The molecule has 2 aliphatic rings. The third kappa shape index (κ3) is 4.96. The molecule has 0 spiro atoms. The first kappa shape index (κ1) is 22.7. The lowest BCUT2D eigenvalue weighted by Gasteiger charge is -2.32. The highest BCUT2D eigenvalue weighted by Gasteiger charge is 2.48. The van der Waals surface area contributed by atoms with E-state index in [1.807, 2.05) is 36.4 Å². The van der Waals surface area contributed by atoms with Gasteiger partial charge in [-0.2, -0.15) is 0 Å². The van der Waals surface area contributed by atoms with Gasteiger partial charge in [-0.25, -0.2) is 8.42 Å². The fourth-order valence-corrected chi connectivity index (χ4v) is 6.57. The molecule has 0 bridgehead atoms. The van der Waals surface area contributed by atoms with Crippen LogP contribution in [0.5, 0.6) is 5.75 Å². The minimum Gasteiger partial charge on any atom is -0.508 e. The van der Waals surface area contributed by atoms with Gasteiger partial charge in [-0.15, -0.1) is 0 Å². The van der Waals surface area contributed by atoms with Crippen LogP contribution in [0.3, 0.4) is 0 Å². The van der Waals surface area contributed by atoms with Gasteiger partial charge in [-0.1, -0.05) is 18.2 Å². The van der Waals surface area contributed by atoms with Crippen LogP contribution in [0.1, 0.15) is 24.1 Å². The van der Waals surface area contributed by atoms with E-state index in [1.54, 1.807) is 25.4 Å². The summed E-state index contributed by atoms with van der Waals surface area (Å²) < 4.78 is 36.5. The lowest BCUT2D eigenvalue weighted by Crippen LogP contribution is -2.42. The Morgan fingerprint density at radius 2 is 2.06 bits per heavy atom. The normalized spacial score (nSPS) is 22.8. The van der Waals surface area contributed by atoms with Gasteiger partial charge < -0.3 is 19.5 Å². The van der Waals surface area contributed by atoms with Gasteiger partial charge in [0.1, 0.15) is 5.75 Å². The molecule has 3 heterocycles. The molecular weight excluding hydrogens is 429 g/mol. The Kier molecular flexibility index (Phi) is 6.81. The highest BCUT2D eigenvalue weighted by atomic mass is 32.2. The van der Waals surface area contributed by atoms with Gasteiger partial charge in [-0.05, 0) is 65.5 Å². The maximum absolute atomic E-state index is 12.7. The first-order valence-corrected chi connectivity index (χ1v) is 12.3. The van der Waals surface area contributed by atoms with Crippen LogP contribution in [0.25, 0.3) is 11.6 Å². The molecule has 4 rings (SSSR count). The number of methoxy groups -OCH3 is 1. The molecule has 2 N–H and O–H groups in total. The van der Waals surface area contributed by atoms with Crippen molar-refractivity contribution in [3.63, 3.8) is 0 Å². The number of hydrogen-bond acceptors (Lipinski definition) is 7. The summed E-state index contributed by atoms with van der Waals surface area (Å²) in [4.78, 5) is 4.47. The molecular formula is C23H26BNO6S. The van der Waals surface area contributed by atoms with Crippen LogP contribution < -0.4 is 0 Å². The van der Waals surface area contributed by atoms with Crippen LogP contribution in [-0.4, -0.2) is 61.5 Å². The Labute approximate surface area is 188 Å². The molecule has 0 aliphatic carbocycles. The molecule has 0 amide bonds. The zero-order valence-electron chi connectivity index (χ0n) is 17.8. The van der Waals surface area contributed by atoms with Crippen molar-refractivity contribution in [2.75, 3.05) is 19.5 Å². The first-order valence-electron chi connectivity index (χ1n) is 10.5. The molecule has 0 saturated carbocycles. The van der Waals surface area contributed by atoms with Gasteiger partial charge in [0.15, 0.2) is 9.84 Å². The van der Waals surface area contributed by atoms with E-state index in [9.17, 15) is 18.5 Å². The molecule has 2 aliphatic heterocycles. The van der Waals surface area contributed by atoms with Gasteiger partial charge >= 0.3 is 7.12 Å². The number of phenolic OH excluding ortho intramolecular Hbond substituents is 1. The molecule has 0 radical (unpaired) electrons. The Balaban J connectivity index is 1.63. The van der Waals surface area contributed by atoms with E-state index in [2.05, 4.69) is 4.98 Å². The highest BCUT2D eigenvalue weighted by molar-refractivity contribution is 7.92. The number of ether oxygens (including phenoxy) is 1. The molecule has 2 aromatic rings. The summed E-state index contributed by atoms with van der Waals surface area (Å²) in [6.07, 6.45) is 4.31. The minimum absolute atomic E-state index is 0.0517. The second-order valence-electron chi connectivity index (χ2n) is 8.12. The third-order valence-corrected chi connectivity index (χ3v) is 7.93. The Morgan fingerprint density at radius 1 is 1.28 bits per heavy atom. The molecule has 168 valence electrons. The number of phenols is 1. The van der Waals surface area contributed by atoms with Gasteiger partial charge in [0.05, 0.1) is 29.4 Å². The summed E-state index contributed by atoms with van der Waals surface area (Å²) in [6.45, 7) is 0.234. The van der Waals surface area contributed by atoms with Crippen LogP contribution in [0.4, 0.5) is 0 Å². The van der Waals surface area contributed by atoms with Crippen molar-refractivity contribution in [3.05, 3.63) is 71.1 Å². The number of allylic oxidation sites excluding steroid dienone is 1. The lowest BCUT2D eigenvalue weighted by molar-refractivity contribution is 0.167. The van der Waals surface area contributed by atoms with E-state index < -0.39 is 28.3 Å². The largest absolute Gasteiger partial charge is 0.508 e. The van der Waals surface area contributed by atoms with Gasteiger partial charge in [0.25, 0.3) is 0 Å². The molecule has 1 aromatic carbocycles. The lowest BCUT2D eigenvalue weighted by atomic mass is 9.74. The summed E-state index contributed by atoms with van der Waals surface area (Å²) in [5.74, 6) is 0.140. The molecule has 0 unspecified atom stereocenters. The van der Waals surface area contributed by atoms with Crippen molar-refractivity contribution in [1.29, 1.82) is 0 Å². The molecule has 1 saturated heterocycles. The summed E-state index contributed by atoms with van der Waals surface area (Å²) in [6, 6.07) is 12.6. The maximum atomic E-state index is 12.7. The van der Waals surface area contributed by atoms with E-state index >= 15 is 0 Å². The minimum atomic E-state index is -3.37. The van der Waals surface area contributed by atoms with Crippen LogP contribution in [0, 0.1) is 0 Å². The Hall–Kier alpha value is -2.46. The summed E-state index contributed by atoms with van der Waals surface area (Å²) in [5.41, 5.74) is 4.14. The maximum Gasteiger partial charge on any atom is 0.456 e. The van der Waals surface area contributed by atoms with E-state index in [0.717, 1.165) is 28.0 Å². The van der Waals surface area contributed by atoms with Crippen LogP contribution in [-0.2, 0) is 19.2 Å². The summed E-state index contributed by atoms with van der Waals surface area (Å²) in [7, 11) is -2.95. The van der Waals surface area contributed by atoms with Crippen LogP contribution in [0.2, 0.25) is 6.32 Å². The number of nitrogens with zero attached hydrogens (tertiary/aromatic N) is 1. The first-order chi connectivity index (χ1) is 15.4. The topological polar surface area (TPSA) is 106 Å². The number of pyridine rings is 1. The fraction of sp³-hybridized carbons (Fsp3) is 0.348. The smallest absolute Gasteiger partial charge is 0.456 e. The van der Waals surface area contributed by atoms with Crippen molar-refractivity contribution in [3.8, 4) is 5.75 Å². The molecule has 9 heteroatoms. The number of aromatic hydroxyl groups is 1. The standard InChI is InChI=1S/C23H26BNO6S/c1-30-14-18-15-32(28,29)22-13-24(27)31-21(23(18)22)10-7-17(20-4-2-3-11-25-20)12-16-5-8-19(26)9-6-16/h2-6,8-9,11-12,21-22,26-27H,7,10,13-15H2,1H3/b17-12-/t21-,22+/m1/s1. The van der Waals surface area contributed by atoms with Crippen molar-refractivity contribution in [2.45, 2.75) is 30.5 Å². The summed E-state index contributed by atoms with van der Waals surface area (Å²) in [5, 5.41) is 19.1. The third-order valence-electron chi connectivity index (χ3n) is 5.87. The van der Waals surface area contributed by atoms with Gasteiger partial charge in [0, 0.05) is 19.6 Å². The number of rotatable bonds is 7. The molecule has 7 nitrogen and oxygen atoms in total. The summed E-state index contributed by atoms with van der Waals surface area (Å²) >= 11 is 0. The molecule has 1 aromatic heterocycles. The second-order valence-corrected chi connectivity index (χ2v) is 10.3. The van der Waals surface area contributed by atoms with Gasteiger partial charge in [-0.3, -0.25) is 4.98 Å². The SMILES string of the molecule is COCC1=C2[C@@H](CC/C(=C/c3ccc(O)cc3)c3ccccn3)OB(O)C[C@@H]2S(=O)(=O)C1. The molecule has 2 atom stereocenters. The average molecular weight is 455 g/mol. The Morgan fingerprint density at radius 3 is 2.75 bits per heavy atom. The Bertz CT molecular complexity index is 1110. The van der Waals surface area contributed by atoms with Crippen molar-refractivity contribution >= 4 is 28.6 Å². The molecule has 1 fully saturated rings. The number of aromatic nitrogens is 1. The van der Waals surface area contributed by atoms with Crippen LogP contribution in [0.15, 0.2) is 59.8 Å². The van der Waals surface area contributed by atoms with Gasteiger partial charge in [0.2, 0.25) is 0 Å². The fourth-order valence-electron chi connectivity index (χ4n) is 4.47. The monoisotopic (exact) mass is 455 g/mol. The zero-order chi connectivity index (χ0) is 22.7. The number of fused-ring (bicyclic) bond motifs is 1. The average Bonchev–Trinajstić information content (AvgIpc) is 3.03. The van der Waals surface area contributed by atoms with Crippen molar-refractivity contribution < 1.29 is 27.9 Å². The second kappa shape index (κ2) is 9.58. The number of benzene rings is 1. The van der Waals surface area contributed by atoms with E-state index in [-0.39, 0.29) is 24.4 Å². The van der Waals surface area contributed by atoms with E-state index in [1.165, 1.54) is 0 Å². The molecule has 32 heavy (non-hydrogen) atoms. The number of hydrogen-bond donors (Lipinski definition) is 2. The highest BCUT2D eigenvalue weighted by Crippen LogP contribution is 2.40. The van der Waals surface area contributed by atoms with Crippen molar-refractivity contribution in [2.24, 2.45) is 0 Å².